The predicted octanol–water partition coefficient (Wildman–Crippen LogP) is 4.27. The van der Waals surface area contributed by atoms with Gasteiger partial charge in [0.05, 0.1) is 0 Å². The Kier molecular flexibility index (Phi) is 5.24. The lowest BCUT2D eigenvalue weighted by Crippen LogP contribution is -2.24. The molecule has 0 radical (unpaired) electrons. The summed E-state index contributed by atoms with van der Waals surface area (Å²) in [5.41, 5.74) is 2.50. The summed E-state index contributed by atoms with van der Waals surface area (Å²) in [4.78, 5) is 27.2. The molecule has 1 aliphatic heterocycles. The number of carbonyl (C=O) groups is 2. The largest absolute Gasteiger partial charge is 0.360 e. The van der Waals surface area contributed by atoms with Gasteiger partial charge in [0.1, 0.15) is 22.0 Å². The molecule has 1 aliphatic rings. The van der Waals surface area contributed by atoms with E-state index in [2.05, 4.69) is 20.7 Å². The molecule has 1 N–H and O–H groups in total. The average molecular weight is 446 g/mol. The van der Waals surface area contributed by atoms with Crippen LogP contribution in [0.25, 0.3) is 11.3 Å². The van der Waals surface area contributed by atoms with E-state index >= 15 is 0 Å². The molecule has 2 amide bonds. The Morgan fingerprint density at radius 2 is 1.81 bits per heavy atom. The molecule has 0 spiro atoms. The molecule has 2 aromatic heterocycles. The zero-order chi connectivity index (χ0) is 22.1. The molecule has 1 saturated heterocycles. The summed E-state index contributed by atoms with van der Waals surface area (Å²) in [6.45, 7) is 2.23. The van der Waals surface area contributed by atoms with E-state index in [1.54, 1.807) is 11.8 Å². The summed E-state index contributed by atoms with van der Waals surface area (Å²) in [6.07, 6.45) is 0.361. The highest BCUT2D eigenvalue weighted by Crippen LogP contribution is 2.34. The maximum absolute atomic E-state index is 13.0. The normalized spacial score (nSPS) is 15.8. The van der Waals surface area contributed by atoms with E-state index in [0.29, 0.717) is 35.1 Å². The van der Waals surface area contributed by atoms with Crippen LogP contribution in [0.2, 0.25) is 0 Å². The molecule has 160 valence electrons. The molecule has 1 unspecified atom stereocenters. The molecule has 1 atom stereocenters. The van der Waals surface area contributed by atoms with Crippen molar-refractivity contribution in [2.75, 3.05) is 16.8 Å². The molecule has 8 nitrogen and oxygen atoms in total. The smallest absolute Gasteiger partial charge is 0.263 e. The fourth-order valence-corrected chi connectivity index (χ4v) is 4.60. The summed E-state index contributed by atoms with van der Waals surface area (Å²) in [5, 5.41) is 16.3. The molecule has 0 saturated carbocycles. The highest BCUT2D eigenvalue weighted by molar-refractivity contribution is 7.15. The summed E-state index contributed by atoms with van der Waals surface area (Å²) in [5.74, 6) is 0.0438. The van der Waals surface area contributed by atoms with Crippen LogP contribution >= 0.6 is 11.3 Å². The zero-order valence-corrected chi connectivity index (χ0v) is 18.0. The minimum Gasteiger partial charge on any atom is -0.360 e. The van der Waals surface area contributed by atoms with Crippen molar-refractivity contribution >= 4 is 34.0 Å². The van der Waals surface area contributed by atoms with E-state index in [0.717, 1.165) is 16.3 Å². The SMILES string of the molecule is Cc1onc(-c2ccccc2)c1C(=O)Nc1nnc(C2CC(=O)N(c3ccccc3)C2)s1. The van der Waals surface area contributed by atoms with Crippen molar-refractivity contribution in [2.45, 2.75) is 19.3 Å². The Morgan fingerprint density at radius 1 is 1.09 bits per heavy atom. The van der Waals surface area contributed by atoms with Gasteiger partial charge in [0.15, 0.2) is 0 Å². The van der Waals surface area contributed by atoms with Gasteiger partial charge in [-0.3, -0.25) is 14.9 Å². The van der Waals surface area contributed by atoms with Gasteiger partial charge in [-0.05, 0) is 19.1 Å². The van der Waals surface area contributed by atoms with Gasteiger partial charge >= 0.3 is 0 Å². The van der Waals surface area contributed by atoms with Crippen LogP contribution < -0.4 is 10.2 Å². The number of aryl methyl sites for hydroxylation is 1. The number of nitrogens with one attached hydrogen (secondary N) is 1. The van der Waals surface area contributed by atoms with E-state index in [1.165, 1.54) is 11.3 Å². The van der Waals surface area contributed by atoms with E-state index in [4.69, 9.17) is 4.52 Å². The van der Waals surface area contributed by atoms with Gasteiger partial charge in [-0.15, -0.1) is 10.2 Å². The van der Waals surface area contributed by atoms with Gasteiger partial charge in [0.2, 0.25) is 11.0 Å². The first-order valence-electron chi connectivity index (χ1n) is 10.1. The van der Waals surface area contributed by atoms with Crippen LogP contribution in [-0.2, 0) is 4.79 Å². The number of rotatable bonds is 5. The van der Waals surface area contributed by atoms with Crippen LogP contribution in [0.4, 0.5) is 10.8 Å². The Bertz CT molecular complexity index is 1270. The third-order valence-corrected chi connectivity index (χ3v) is 6.34. The minimum absolute atomic E-state index is 0.0505. The lowest BCUT2D eigenvalue weighted by molar-refractivity contribution is -0.117. The van der Waals surface area contributed by atoms with Gasteiger partial charge in [0, 0.05) is 30.1 Å². The van der Waals surface area contributed by atoms with E-state index in [-0.39, 0.29) is 17.7 Å². The molecule has 0 aliphatic carbocycles. The number of aromatic nitrogens is 3. The van der Waals surface area contributed by atoms with E-state index in [9.17, 15) is 9.59 Å². The molecule has 9 heteroatoms. The zero-order valence-electron chi connectivity index (χ0n) is 17.2. The van der Waals surface area contributed by atoms with Crippen molar-refractivity contribution in [3.05, 3.63) is 77.0 Å². The average Bonchev–Trinajstić information content (AvgIpc) is 3.53. The monoisotopic (exact) mass is 445 g/mol. The topological polar surface area (TPSA) is 101 Å². The van der Waals surface area contributed by atoms with Gasteiger partial charge in [-0.1, -0.05) is 65.0 Å². The van der Waals surface area contributed by atoms with Crippen LogP contribution in [0.5, 0.6) is 0 Å². The van der Waals surface area contributed by atoms with Crippen LogP contribution in [0, 0.1) is 6.92 Å². The summed E-state index contributed by atoms with van der Waals surface area (Å²) >= 11 is 1.28. The third kappa shape index (κ3) is 3.78. The van der Waals surface area contributed by atoms with Gasteiger partial charge in [-0.25, -0.2) is 0 Å². The van der Waals surface area contributed by atoms with Crippen LogP contribution in [0.3, 0.4) is 0 Å². The second-order valence-corrected chi connectivity index (χ2v) is 8.48. The third-order valence-electron chi connectivity index (χ3n) is 5.34. The number of para-hydroxylation sites is 1. The van der Waals surface area contributed by atoms with Crippen molar-refractivity contribution in [3.63, 3.8) is 0 Å². The molecule has 0 bridgehead atoms. The first kappa shape index (κ1) is 20.1. The number of benzene rings is 2. The maximum atomic E-state index is 13.0. The highest BCUT2D eigenvalue weighted by Gasteiger charge is 2.34. The minimum atomic E-state index is -0.362. The Labute approximate surface area is 187 Å². The van der Waals surface area contributed by atoms with Crippen LogP contribution in [-0.4, -0.2) is 33.7 Å². The fraction of sp³-hybridized carbons (Fsp3) is 0.174. The van der Waals surface area contributed by atoms with Crippen molar-refractivity contribution in [1.29, 1.82) is 0 Å². The first-order valence-corrected chi connectivity index (χ1v) is 10.9. The molecule has 4 aromatic rings. The quantitative estimate of drug-likeness (QED) is 0.492. The van der Waals surface area contributed by atoms with Gasteiger partial charge in [-0.2, -0.15) is 0 Å². The molecule has 32 heavy (non-hydrogen) atoms. The Morgan fingerprint density at radius 3 is 2.56 bits per heavy atom. The number of carbonyl (C=O) groups excluding carboxylic acids is 2. The van der Waals surface area contributed by atoms with E-state index < -0.39 is 0 Å². The summed E-state index contributed by atoms with van der Waals surface area (Å²) in [6, 6.07) is 18.9. The standard InChI is InChI=1S/C23H19N5O3S/c1-14-19(20(27-31-14)15-8-4-2-5-9-15)21(30)24-23-26-25-22(32-23)16-12-18(29)28(13-16)17-10-6-3-7-11-17/h2-11,16H,12-13H2,1H3,(H,24,26,30). The van der Waals surface area contributed by atoms with Gasteiger partial charge in [0.25, 0.3) is 5.91 Å². The van der Waals surface area contributed by atoms with Crippen molar-refractivity contribution in [3.8, 4) is 11.3 Å². The molecular weight excluding hydrogens is 426 g/mol. The number of nitrogens with zero attached hydrogens (tertiary/aromatic N) is 4. The summed E-state index contributed by atoms with van der Waals surface area (Å²) < 4.78 is 5.27. The molecule has 2 aromatic carbocycles. The number of amides is 2. The van der Waals surface area contributed by atoms with Crippen LogP contribution in [0.15, 0.2) is 65.2 Å². The summed E-state index contributed by atoms with van der Waals surface area (Å²) in [7, 11) is 0. The molecule has 3 heterocycles. The van der Waals surface area contributed by atoms with Crippen molar-refractivity contribution in [1.82, 2.24) is 15.4 Å². The van der Waals surface area contributed by atoms with Crippen LogP contribution in [0.1, 0.15) is 33.5 Å². The molecule has 5 rings (SSSR count). The molecular formula is C23H19N5O3S. The lowest BCUT2D eigenvalue weighted by Gasteiger charge is -2.15. The second kappa shape index (κ2) is 8.35. The van der Waals surface area contributed by atoms with Crippen molar-refractivity contribution < 1.29 is 14.1 Å². The number of hydrogen-bond acceptors (Lipinski definition) is 7. The highest BCUT2D eigenvalue weighted by atomic mass is 32.1. The number of anilines is 2. The van der Waals surface area contributed by atoms with Gasteiger partial charge < -0.3 is 9.42 Å². The Hall–Kier alpha value is -3.85. The predicted molar refractivity (Wildman–Crippen MR) is 121 cm³/mol. The fourth-order valence-electron chi connectivity index (χ4n) is 3.77. The lowest BCUT2D eigenvalue weighted by atomic mass is 10.1. The molecule has 1 fully saturated rings. The number of hydrogen-bond donors (Lipinski definition) is 1. The van der Waals surface area contributed by atoms with E-state index in [1.807, 2.05) is 60.7 Å². The van der Waals surface area contributed by atoms with Crippen molar-refractivity contribution in [2.24, 2.45) is 0 Å². The second-order valence-electron chi connectivity index (χ2n) is 7.47. The Balaban J connectivity index is 1.32. The first-order chi connectivity index (χ1) is 15.6. The maximum Gasteiger partial charge on any atom is 0.263 e.